The predicted molar refractivity (Wildman–Crippen MR) is 72.1 cm³/mol. The topological polar surface area (TPSA) is 20.2 Å². The number of halogens is 3. The van der Waals surface area contributed by atoms with Gasteiger partial charge in [-0.15, -0.1) is 11.3 Å². The molecule has 0 spiro atoms. The maximum Gasteiger partial charge on any atom is 0.124 e. The van der Waals surface area contributed by atoms with E-state index in [1.54, 1.807) is 11.3 Å². The Kier molecular flexibility index (Phi) is 4.20. The molecule has 2 aromatic rings. The molecule has 0 aliphatic rings. The van der Waals surface area contributed by atoms with E-state index >= 15 is 0 Å². The Morgan fingerprint density at radius 3 is 2.71 bits per heavy atom. The second kappa shape index (κ2) is 5.48. The molecule has 1 atom stereocenters. The van der Waals surface area contributed by atoms with Crippen LogP contribution < -0.4 is 0 Å². The van der Waals surface area contributed by atoms with E-state index in [1.165, 1.54) is 18.2 Å². The summed E-state index contributed by atoms with van der Waals surface area (Å²) < 4.78 is 13.9. The first-order chi connectivity index (χ1) is 8.06. The average molecular weight is 336 g/mol. The van der Waals surface area contributed by atoms with E-state index in [2.05, 4.69) is 15.9 Å². The van der Waals surface area contributed by atoms with Gasteiger partial charge in [0, 0.05) is 16.3 Å². The first-order valence-electron chi connectivity index (χ1n) is 4.93. The maximum absolute atomic E-state index is 12.9. The molecule has 1 aromatic carbocycles. The Morgan fingerprint density at radius 2 is 2.12 bits per heavy atom. The molecule has 0 bridgehead atoms. The smallest absolute Gasteiger partial charge is 0.124 e. The maximum atomic E-state index is 12.9. The molecule has 1 nitrogen and oxygen atoms in total. The third-order valence-electron chi connectivity index (χ3n) is 2.34. The van der Waals surface area contributed by atoms with Gasteiger partial charge in [0.2, 0.25) is 0 Å². The molecule has 1 aromatic heterocycles. The highest BCUT2D eigenvalue weighted by molar-refractivity contribution is 9.11. The molecule has 0 aliphatic carbocycles. The number of hydrogen-bond acceptors (Lipinski definition) is 2. The Bertz CT molecular complexity index is 529. The quantitative estimate of drug-likeness (QED) is 0.870. The van der Waals surface area contributed by atoms with Crippen molar-refractivity contribution in [3.05, 3.63) is 55.4 Å². The average Bonchev–Trinajstić information content (AvgIpc) is 2.63. The third kappa shape index (κ3) is 3.28. The minimum Gasteiger partial charge on any atom is -0.388 e. The molecule has 0 aliphatic heterocycles. The first-order valence-corrected chi connectivity index (χ1v) is 6.92. The Morgan fingerprint density at radius 1 is 1.35 bits per heavy atom. The van der Waals surface area contributed by atoms with Crippen LogP contribution in [-0.2, 0) is 6.42 Å². The fourth-order valence-corrected chi connectivity index (χ4v) is 3.35. The van der Waals surface area contributed by atoms with Crippen LogP contribution in [0.5, 0.6) is 0 Å². The monoisotopic (exact) mass is 334 g/mol. The Hall–Kier alpha value is -0.420. The zero-order chi connectivity index (χ0) is 12.4. The zero-order valence-corrected chi connectivity index (χ0v) is 11.8. The van der Waals surface area contributed by atoms with Gasteiger partial charge in [-0.05, 0) is 45.8 Å². The van der Waals surface area contributed by atoms with Crippen molar-refractivity contribution < 1.29 is 9.50 Å². The SMILES string of the molecule is OC(Cc1ccc(Br)s1)c1ccc(F)cc1Cl. The summed E-state index contributed by atoms with van der Waals surface area (Å²) in [5.41, 5.74) is 0.553. The van der Waals surface area contributed by atoms with Gasteiger partial charge in [0.05, 0.1) is 9.89 Å². The van der Waals surface area contributed by atoms with E-state index < -0.39 is 11.9 Å². The van der Waals surface area contributed by atoms with Gasteiger partial charge in [-0.2, -0.15) is 0 Å². The van der Waals surface area contributed by atoms with Gasteiger partial charge in [-0.3, -0.25) is 0 Å². The number of thiophene rings is 1. The third-order valence-corrected chi connectivity index (χ3v) is 4.32. The van der Waals surface area contributed by atoms with Crippen LogP contribution in [0.3, 0.4) is 0 Å². The Balaban J connectivity index is 2.17. The molecule has 0 amide bonds. The number of benzene rings is 1. The summed E-state index contributed by atoms with van der Waals surface area (Å²) in [6.45, 7) is 0. The number of hydrogen-bond donors (Lipinski definition) is 1. The molecule has 1 heterocycles. The summed E-state index contributed by atoms with van der Waals surface area (Å²) in [6, 6.07) is 7.90. The van der Waals surface area contributed by atoms with Gasteiger partial charge >= 0.3 is 0 Å². The fourth-order valence-electron chi connectivity index (χ4n) is 1.53. The van der Waals surface area contributed by atoms with Gasteiger partial charge in [0.15, 0.2) is 0 Å². The summed E-state index contributed by atoms with van der Waals surface area (Å²) in [6.07, 6.45) is -0.240. The normalized spacial score (nSPS) is 12.7. The highest BCUT2D eigenvalue weighted by Crippen LogP contribution is 2.30. The van der Waals surface area contributed by atoms with Gasteiger partial charge in [0.25, 0.3) is 0 Å². The summed E-state index contributed by atoms with van der Waals surface area (Å²) in [5, 5.41) is 10.3. The van der Waals surface area contributed by atoms with E-state index in [0.29, 0.717) is 12.0 Å². The molecule has 0 radical (unpaired) electrons. The number of aliphatic hydroxyl groups excluding tert-OH is 1. The number of rotatable bonds is 3. The van der Waals surface area contributed by atoms with Crippen LogP contribution in [0.15, 0.2) is 34.1 Å². The van der Waals surface area contributed by atoms with Crippen LogP contribution in [0.4, 0.5) is 4.39 Å². The minimum absolute atomic E-state index is 0.258. The molecule has 0 saturated heterocycles. The van der Waals surface area contributed by atoms with E-state index in [-0.39, 0.29) is 5.02 Å². The van der Waals surface area contributed by atoms with E-state index in [1.807, 2.05) is 12.1 Å². The van der Waals surface area contributed by atoms with Crippen molar-refractivity contribution in [3.63, 3.8) is 0 Å². The van der Waals surface area contributed by atoms with Gasteiger partial charge in [-0.1, -0.05) is 17.7 Å². The van der Waals surface area contributed by atoms with Crippen molar-refractivity contribution in [2.75, 3.05) is 0 Å². The van der Waals surface area contributed by atoms with Crippen LogP contribution in [0.1, 0.15) is 16.5 Å². The second-order valence-corrected chi connectivity index (χ2v) is 6.55. The van der Waals surface area contributed by atoms with Crippen LogP contribution in [0.25, 0.3) is 0 Å². The highest BCUT2D eigenvalue weighted by Gasteiger charge is 2.14. The van der Waals surface area contributed by atoms with Gasteiger partial charge in [-0.25, -0.2) is 4.39 Å². The molecule has 0 saturated carbocycles. The summed E-state index contributed by atoms with van der Waals surface area (Å²) in [7, 11) is 0. The zero-order valence-electron chi connectivity index (χ0n) is 8.66. The predicted octanol–water partition coefficient (Wildman–Crippen LogP) is 4.58. The lowest BCUT2D eigenvalue weighted by atomic mass is 10.1. The lowest BCUT2D eigenvalue weighted by molar-refractivity contribution is 0.179. The summed E-state index contributed by atoms with van der Waals surface area (Å²) in [5.74, 6) is -0.398. The Labute approximate surface area is 116 Å². The largest absolute Gasteiger partial charge is 0.388 e. The van der Waals surface area contributed by atoms with Crippen LogP contribution in [0, 0.1) is 5.82 Å². The lowest BCUT2D eigenvalue weighted by Crippen LogP contribution is -2.01. The van der Waals surface area contributed by atoms with Crippen molar-refractivity contribution in [3.8, 4) is 0 Å². The van der Waals surface area contributed by atoms with Gasteiger partial charge < -0.3 is 5.11 Å². The molecular weight excluding hydrogens is 327 g/mol. The second-order valence-electron chi connectivity index (χ2n) is 3.59. The van der Waals surface area contributed by atoms with Crippen molar-refractivity contribution in [1.29, 1.82) is 0 Å². The first kappa shape index (κ1) is 13.0. The van der Waals surface area contributed by atoms with Crippen LogP contribution >= 0.6 is 38.9 Å². The molecule has 1 N–H and O–H groups in total. The van der Waals surface area contributed by atoms with Crippen molar-refractivity contribution in [2.45, 2.75) is 12.5 Å². The minimum atomic E-state index is -0.714. The molecule has 17 heavy (non-hydrogen) atoms. The van der Waals surface area contributed by atoms with Crippen LogP contribution in [0.2, 0.25) is 5.02 Å². The molecular formula is C12H9BrClFOS. The molecule has 0 fully saturated rings. The van der Waals surface area contributed by atoms with Crippen molar-refractivity contribution >= 4 is 38.9 Å². The standard InChI is InChI=1S/C12H9BrClFOS/c13-12-4-2-8(17-12)6-11(16)9-3-1-7(15)5-10(9)14/h1-5,11,16H,6H2. The van der Waals surface area contributed by atoms with E-state index in [9.17, 15) is 9.50 Å². The van der Waals surface area contributed by atoms with Crippen LogP contribution in [-0.4, -0.2) is 5.11 Å². The van der Waals surface area contributed by atoms with Crippen molar-refractivity contribution in [2.24, 2.45) is 0 Å². The van der Waals surface area contributed by atoms with E-state index in [4.69, 9.17) is 11.6 Å². The highest BCUT2D eigenvalue weighted by atomic mass is 79.9. The molecule has 90 valence electrons. The fraction of sp³-hybridized carbons (Fsp3) is 0.167. The molecule has 5 heteroatoms. The molecule has 1 unspecified atom stereocenters. The summed E-state index contributed by atoms with van der Waals surface area (Å²) >= 11 is 10.8. The summed E-state index contributed by atoms with van der Waals surface area (Å²) in [4.78, 5) is 1.05. The lowest BCUT2D eigenvalue weighted by Gasteiger charge is -2.11. The van der Waals surface area contributed by atoms with Gasteiger partial charge in [0.1, 0.15) is 5.82 Å². The molecule has 2 rings (SSSR count). The van der Waals surface area contributed by atoms with E-state index in [0.717, 1.165) is 8.66 Å². The van der Waals surface area contributed by atoms with Crippen molar-refractivity contribution in [1.82, 2.24) is 0 Å². The number of aliphatic hydroxyl groups is 1.